The Morgan fingerprint density at radius 2 is 1.81 bits per heavy atom. The van der Waals surface area contributed by atoms with Crippen molar-refractivity contribution in [3.8, 4) is 17.2 Å². The highest BCUT2D eigenvalue weighted by Gasteiger charge is 2.34. The van der Waals surface area contributed by atoms with Crippen molar-refractivity contribution in [1.29, 1.82) is 0 Å². The molecule has 2 aromatic heterocycles. The van der Waals surface area contributed by atoms with Crippen LogP contribution in [-0.4, -0.2) is 68.1 Å². The van der Waals surface area contributed by atoms with Crippen LogP contribution in [0.15, 0.2) is 71.4 Å². The van der Waals surface area contributed by atoms with Crippen LogP contribution in [0.3, 0.4) is 0 Å². The number of furan rings is 1. The summed E-state index contributed by atoms with van der Waals surface area (Å²) in [7, 11) is 2.99. The van der Waals surface area contributed by atoms with Gasteiger partial charge in [-0.25, -0.2) is 4.79 Å². The number of morpholine rings is 1. The number of methoxy groups -OCH3 is 2. The second-order valence-electron chi connectivity index (χ2n) is 10.5. The molecule has 1 atom stereocenters. The number of phenols is 1. The lowest BCUT2D eigenvalue weighted by Crippen LogP contribution is -2.39. The van der Waals surface area contributed by atoms with Crippen LogP contribution in [0.4, 0.5) is 0 Å². The average molecular weight is 583 g/mol. The first-order valence-corrected chi connectivity index (χ1v) is 14.3. The Bertz CT molecular complexity index is 1760. The van der Waals surface area contributed by atoms with Gasteiger partial charge in [-0.1, -0.05) is 12.1 Å². The predicted octanol–water partition coefficient (Wildman–Crippen LogP) is 5.83. The van der Waals surface area contributed by atoms with Crippen molar-refractivity contribution < 1.29 is 33.3 Å². The Morgan fingerprint density at radius 3 is 2.56 bits per heavy atom. The van der Waals surface area contributed by atoms with Crippen molar-refractivity contribution in [1.82, 2.24) is 9.88 Å². The minimum absolute atomic E-state index is 0.0738. The Balaban J connectivity index is 1.49. The molecule has 6 rings (SSSR count). The van der Waals surface area contributed by atoms with Crippen LogP contribution in [-0.2, 0) is 15.9 Å². The SMILES string of the molecule is COC(=O)c1c(C)oc2c1c(C(c1ccncc1)N1CCOCC1)c(O)c1ccc(OCCc3cccc(OC)c3)cc12. The topological polar surface area (TPSA) is 103 Å². The van der Waals surface area contributed by atoms with E-state index >= 15 is 0 Å². The second-order valence-corrected chi connectivity index (χ2v) is 10.5. The van der Waals surface area contributed by atoms with E-state index in [1.54, 1.807) is 26.4 Å². The van der Waals surface area contributed by atoms with Crippen LogP contribution in [0.2, 0.25) is 0 Å². The molecule has 0 radical (unpaired) electrons. The third-order valence-corrected chi connectivity index (χ3v) is 7.99. The lowest BCUT2D eigenvalue weighted by molar-refractivity contribution is 0.0238. The highest BCUT2D eigenvalue weighted by Crippen LogP contribution is 2.48. The van der Waals surface area contributed by atoms with E-state index in [1.807, 2.05) is 54.6 Å². The van der Waals surface area contributed by atoms with Crippen LogP contribution in [0.25, 0.3) is 21.7 Å². The van der Waals surface area contributed by atoms with Gasteiger partial charge < -0.3 is 28.5 Å². The Morgan fingerprint density at radius 1 is 1.02 bits per heavy atom. The van der Waals surface area contributed by atoms with Crippen molar-refractivity contribution >= 4 is 27.7 Å². The first-order chi connectivity index (χ1) is 21.0. The summed E-state index contributed by atoms with van der Waals surface area (Å²) >= 11 is 0. The highest BCUT2D eigenvalue weighted by molar-refractivity contribution is 6.17. The molecule has 1 saturated heterocycles. The van der Waals surface area contributed by atoms with Crippen LogP contribution in [0, 0.1) is 6.92 Å². The number of hydrogen-bond donors (Lipinski definition) is 1. The van der Waals surface area contributed by atoms with Gasteiger partial charge in [0.05, 0.1) is 40.1 Å². The van der Waals surface area contributed by atoms with Crippen molar-refractivity contribution in [3.05, 3.63) is 95.0 Å². The zero-order chi connectivity index (χ0) is 29.9. The van der Waals surface area contributed by atoms with Gasteiger partial charge in [-0.2, -0.15) is 0 Å². The van der Waals surface area contributed by atoms with Crippen LogP contribution < -0.4 is 9.47 Å². The summed E-state index contributed by atoms with van der Waals surface area (Å²) in [6.07, 6.45) is 4.15. The van der Waals surface area contributed by atoms with Gasteiger partial charge in [0.1, 0.15) is 34.2 Å². The quantitative estimate of drug-likeness (QED) is 0.215. The summed E-state index contributed by atoms with van der Waals surface area (Å²) < 4.78 is 28.6. The molecular formula is C34H34N2O7. The van der Waals surface area contributed by atoms with Crippen LogP contribution in [0.5, 0.6) is 17.2 Å². The van der Waals surface area contributed by atoms with E-state index < -0.39 is 12.0 Å². The lowest BCUT2D eigenvalue weighted by Gasteiger charge is -2.36. The number of hydrogen-bond acceptors (Lipinski definition) is 9. The van der Waals surface area contributed by atoms with Gasteiger partial charge in [0.15, 0.2) is 0 Å². The molecule has 1 N–H and O–H groups in total. The minimum Gasteiger partial charge on any atom is -0.507 e. The second kappa shape index (κ2) is 12.3. The molecule has 43 heavy (non-hydrogen) atoms. The molecule has 1 fully saturated rings. The number of rotatable bonds is 9. The van der Waals surface area contributed by atoms with Gasteiger partial charge in [0.2, 0.25) is 0 Å². The maximum Gasteiger partial charge on any atom is 0.342 e. The smallest absolute Gasteiger partial charge is 0.342 e. The van der Waals surface area contributed by atoms with Crippen LogP contribution in [0.1, 0.15) is 38.9 Å². The molecule has 0 aliphatic carbocycles. The summed E-state index contributed by atoms with van der Waals surface area (Å²) in [4.78, 5) is 19.6. The summed E-state index contributed by atoms with van der Waals surface area (Å²) in [5.41, 5.74) is 3.40. The van der Waals surface area contributed by atoms with E-state index in [9.17, 15) is 9.90 Å². The van der Waals surface area contributed by atoms with Crippen LogP contribution >= 0.6 is 0 Å². The first-order valence-electron chi connectivity index (χ1n) is 14.3. The third-order valence-electron chi connectivity index (χ3n) is 7.99. The number of benzene rings is 3. The summed E-state index contributed by atoms with van der Waals surface area (Å²) in [5, 5.41) is 13.8. The lowest BCUT2D eigenvalue weighted by atomic mass is 9.89. The van der Waals surface area contributed by atoms with Gasteiger partial charge in [0.25, 0.3) is 0 Å². The van der Waals surface area contributed by atoms with Gasteiger partial charge in [0, 0.05) is 53.6 Å². The van der Waals surface area contributed by atoms with E-state index in [0.29, 0.717) is 83.7 Å². The fourth-order valence-corrected chi connectivity index (χ4v) is 5.93. The van der Waals surface area contributed by atoms with Crippen molar-refractivity contribution in [2.24, 2.45) is 0 Å². The monoisotopic (exact) mass is 582 g/mol. The number of fused-ring (bicyclic) bond motifs is 3. The largest absolute Gasteiger partial charge is 0.507 e. The molecule has 0 spiro atoms. The number of phenolic OH excluding ortho intramolecular Hbond substituents is 1. The van der Waals surface area contributed by atoms with Crippen molar-refractivity contribution in [3.63, 3.8) is 0 Å². The zero-order valence-electron chi connectivity index (χ0n) is 24.5. The molecule has 222 valence electrons. The Labute approximate surface area is 249 Å². The van der Waals surface area contributed by atoms with Gasteiger partial charge in [-0.3, -0.25) is 9.88 Å². The van der Waals surface area contributed by atoms with Crippen molar-refractivity contribution in [2.45, 2.75) is 19.4 Å². The summed E-state index contributed by atoms with van der Waals surface area (Å²) in [6.45, 7) is 4.60. The molecule has 3 heterocycles. The maximum atomic E-state index is 13.2. The minimum atomic E-state index is -0.530. The average Bonchev–Trinajstić information content (AvgIpc) is 3.40. The fourth-order valence-electron chi connectivity index (χ4n) is 5.93. The molecule has 1 aliphatic heterocycles. The molecule has 1 aliphatic rings. The standard InChI is InChI=1S/C34H34N2O7/c1-21-28(34(38)40-3)29-30(31(23-9-12-35-13-10-23)36-14-17-41-18-15-36)32(37)26-8-7-25(20-27(26)33(29)43-21)42-16-11-22-5-4-6-24(19-22)39-2/h4-10,12-13,19-20,31,37H,11,14-18H2,1-3H3. The number of pyridine rings is 1. The number of aromatic nitrogens is 1. The number of esters is 1. The zero-order valence-corrected chi connectivity index (χ0v) is 24.5. The maximum absolute atomic E-state index is 13.2. The third kappa shape index (κ3) is 5.49. The molecule has 0 amide bonds. The predicted molar refractivity (Wildman–Crippen MR) is 162 cm³/mol. The molecule has 9 nitrogen and oxygen atoms in total. The van der Waals surface area contributed by atoms with Gasteiger partial charge in [-0.15, -0.1) is 0 Å². The van der Waals surface area contributed by atoms with Gasteiger partial charge in [-0.05, 0) is 60.5 Å². The number of carbonyl (C=O) groups excluding carboxylic acids is 1. The molecule has 3 aromatic carbocycles. The summed E-state index contributed by atoms with van der Waals surface area (Å²) in [6, 6.07) is 16.9. The van der Waals surface area contributed by atoms with E-state index in [0.717, 1.165) is 16.9 Å². The van der Waals surface area contributed by atoms with E-state index in [4.69, 9.17) is 23.4 Å². The van der Waals surface area contributed by atoms with E-state index in [1.165, 1.54) is 7.11 Å². The number of ether oxygens (including phenoxy) is 4. The fraction of sp³-hybridized carbons (Fsp3) is 0.294. The molecule has 0 saturated carbocycles. The number of nitrogens with zero attached hydrogens (tertiary/aromatic N) is 2. The number of aromatic hydroxyl groups is 1. The molecule has 0 bridgehead atoms. The normalized spacial score (nSPS) is 14.6. The number of aryl methyl sites for hydroxylation is 1. The number of carbonyl (C=O) groups is 1. The van der Waals surface area contributed by atoms with E-state index in [2.05, 4.69) is 9.88 Å². The summed E-state index contributed by atoms with van der Waals surface area (Å²) in [5.74, 6) is 1.38. The highest BCUT2D eigenvalue weighted by atomic mass is 16.5. The first kappa shape index (κ1) is 28.5. The molecule has 5 aromatic rings. The van der Waals surface area contributed by atoms with Crippen molar-refractivity contribution in [2.75, 3.05) is 47.1 Å². The van der Waals surface area contributed by atoms with Gasteiger partial charge >= 0.3 is 5.97 Å². The molecular weight excluding hydrogens is 548 g/mol. The van der Waals surface area contributed by atoms with E-state index in [-0.39, 0.29) is 5.75 Å². The molecule has 1 unspecified atom stereocenters. The Hall–Kier alpha value is -4.60. The molecule has 9 heteroatoms. The Kier molecular flexibility index (Phi) is 8.18.